The summed E-state index contributed by atoms with van der Waals surface area (Å²) in [5.74, 6) is 0.580. The fourth-order valence-corrected chi connectivity index (χ4v) is 4.21. The Morgan fingerprint density at radius 3 is 2.44 bits per heavy atom. The third-order valence-corrected chi connectivity index (χ3v) is 6.20. The standard InChI is InChI=1S/C24H30ClFN2O3S/c1-16(2)12-27-24(30)17(3)28(13-18-8-10-19(31-4)11-9-18)23(29)15-32-14-20-21(25)6-5-7-22(20)26/h5-11,16-17H,12-15H2,1-4H3,(H,27,30)/t17-/m0/s1. The van der Waals surface area contributed by atoms with Crippen LogP contribution in [0.2, 0.25) is 5.02 Å². The molecule has 0 fully saturated rings. The highest BCUT2D eigenvalue weighted by atomic mass is 35.5. The number of amides is 2. The molecule has 0 aliphatic heterocycles. The smallest absolute Gasteiger partial charge is 0.242 e. The van der Waals surface area contributed by atoms with Crippen LogP contribution in [0.15, 0.2) is 42.5 Å². The van der Waals surface area contributed by atoms with E-state index in [4.69, 9.17) is 16.3 Å². The van der Waals surface area contributed by atoms with Crippen molar-refractivity contribution in [3.63, 3.8) is 0 Å². The van der Waals surface area contributed by atoms with Crippen LogP contribution in [0, 0.1) is 11.7 Å². The molecule has 0 bridgehead atoms. The van der Waals surface area contributed by atoms with Crippen LogP contribution >= 0.6 is 23.4 Å². The van der Waals surface area contributed by atoms with Crippen molar-refractivity contribution < 1.29 is 18.7 Å². The van der Waals surface area contributed by atoms with Gasteiger partial charge in [0, 0.05) is 29.4 Å². The van der Waals surface area contributed by atoms with Gasteiger partial charge in [-0.15, -0.1) is 11.8 Å². The molecule has 2 aromatic carbocycles. The third kappa shape index (κ3) is 7.71. The maximum Gasteiger partial charge on any atom is 0.242 e. The van der Waals surface area contributed by atoms with Gasteiger partial charge in [-0.2, -0.15) is 0 Å². The number of carbonyl (C=O) groups is 2. The predicted octanol–water partition coefficient (Wildman–Crippen LogP) is 4.91. The number of ether oxygens (including phenoxy) is 1. The molecule has 0 saturated heterocycles. The Hall–Kier alpha value is -2.25. The van der Waals surface area contributed by atoms with Crippen LogP contribution in [0.25, 0.3) is 0 Å². The summed E-state index contributed by atoms with van der Waals surface area (Å²) in [7, 11) is 1.59. The minimum atomic E-state index is -0.652. The fourth-order valence-electron chi connectivity index (χ4n) is 2.96. The molecule has 32 heavy (non-hydrogen) atoms. The lowest BCUT2D eigenvalue weighted by atomic mass is 10.1. The zero-order chi connectivity index (χ0) is 23.7. The van der Waals surface area contributed by atoms with E-state index in [0.717, 1.165) is 5.56 Å². The summed E-state index contributed by atoms with van der Waals surface area (Å²) in [6, 6.07) is 11.2. The van der Waals surface area contributed by atoms with E-state index in [-0.39, 0.29) is 29.9 Å². The first-order valence-electron chi connectivity index (χ1n) is 10.4. The summed E-state index contributed by atoms with van der Waals surface area (Å²) in [6.45, 7) is 6.55. The van der Waals surface area contributed by atoms with Crippen molar-refractivity contribution in [1.29, 1.82) is 0 Å². The van der Waals surface area contributed by atoms with Gasteiger partial charge >= 0.3 is 0 Å². The number of nitrogens with one attached hydrogen (secondary N) is 1. The molecule has 0 unspecified atom stereocenters. The van der Waals surface area contributed by atoms with Crippen LogP contribution in [0.5, 0.6) is 5.75 Å². The van der Waals surface area contributed by atoms with Crippen LogP contribution in [-0.4, -0.2) is 42.2 Å². The Morgan fingerprint density at radius 1 is 1.16 bits per heavy atom. The lowest BCUT2D eigenvalue weighted by Crippen LogP contribution is -2.48. The van der Waals surface area contributed by atoms with Crippen molar-refractivity contribution in [2.45, 2.75) is 39.1 Å². The molecule has 0 spiro atoms. The second-order valence-corrected chi connectivity index (χ2v) is 9.27. The molecule has 0 aromatic heterocycles. The van der Waals surface area contributed by atoms with Crippen LogP contribution in [-0.2, 0) is 21.9 Å². The Morgan fingerprint density at radius 2 is 1.84 bits per heavy atom. The SMILES string of the molecule is COc1ccc(CN(C(=O)CSCc2c(F)cccc2Cl)[C@@H](C)C(=O)NCC(C)C)cc1. The zero-order valence-corrected chi connectivity index (χ0v) is 20.4. The first kappa shape index (κ1) is 26.0. The number of hydrogen-bond donors (Lipinski definition) is 1. The normalized spacial score (nSPS) is 11.8. The summed E-state index contributed by atoms with van der Waals surface area (Å²) < 4.78 is 19.2. The van der Waals surface area contributed by atoms with Gasteiger partial charge in [0.05, 0.1) is 12.9 Å². The number of methoxy groups -OCH3 is 1. The number of thioether (sulfide) groups is 1. The molecule has 5 nitrogen and oxygen atoms in total. The summed E-state index contributed by atoms with van der Waals surface area (Å²) in [5, 5.41) is 3.23. The quantitative estimate of drug-likeness (QED) is 0.496. The molecule has 0 aliphatic rings. The van der Waals surface area contributed by atoms with E-state index in [2.05, 4.69) is 5.32 Å². The Labute approximate surface area is 198 Å². The number of halogens is 2. The van der Waals surface area contributed by atoms with Crippen molar-refractivity contribution in [3.05, 3.63) is 64.4 Å². The van der Waals surface area contributed by atoms with Crippen molar-refractivity contribution >= 4 is 35.2 Å². The minimum absolute atomic E-state index is 0.0998. The molecule has 2 amide bonds. The molecular weight excluding hydrogens is 451 g/mol. The van der Waals surface area contributed by atoms with E-state index in [9.17, 15) is 14.0 Å². The topological polar surface area (TPSA) is 58.6 Å². The summed E-state index contributed by atoms with van der Waals surface area (Å²) in [5.41, 5.74) is 1.25. The van der Waals surface area contributed by atoms with Crippen molar-refractivity contribution in [1.82, 2.24) is 10.2 Å². The highest BCUT2D eigenvalue weighted by Crippen LogP contribution is 2.24. The Kier molecular flexibility index (Phi) is 10.3. The van der Waals surface area contributed by atoms with Gasteiger partial charge < -0.3 is 15.0 Å². The molecule has 0 saturated carbocycles. The highest BCUT2D eigenvalue weighted by molar-refractivity contribution is 7.99. The van der Waals surface area contributed by atoms with Crippen LogP contribution in [0.1, 0.15) is 31.9 Å². The average Bonchev–Trinajstić information content (AvgIpc) is 2.77. The summed E-state index contributed by atoms with van der Waals surface area (Å²) >= 11 is 7.35. The van der Waals surface area contributed by atoms with Gasteiger partial charge in [0.1, 0.15) is 17.6 Å². The largest absolute Gasteiger partial charge is 0.497 e. The number of carbonyl (C=O) groups excluding carboxylic acids is 2. The number of hydrogen-bond acceptors (Lipinski definition) is 4. The predicted molar refractivity (Wildman–Crippen MR) is 128 cm³/mol. The molecule has 1 N–H and O–H groups in total. The molecule has 8 heteroatoms. The number of benzene rings is 2. The maximum absolute atomic E-state index is 14.0. The van der Waals surface area contributed by atoms with Crippen LogP contribution in [0.3, 0.4) is 0 Å². The van der Waals surface area contributed by atoms with Gasteiger partial charge in [-0.3, -0.25) is 9.59 Å². The van der Waals surface area contributed by atoms with Gasteiger partial charge in [-0.1, -0.05) is 43.6 Å². The Bertz CT molecular complexity index is 888. The summed E-state index contributed by atoms with van der Waals surface area (Å²) in [4.78, 5) is 27.3. The Balaban J connectivity index is 2.10. The van der Waals surface area contributed by atoms with E-state index in [1.807, 2.05) is 38.1 Å². The maximum atomic E-state index is 14.0. The zero-order valence-electron chi connectivity index (χ0n) is 18.9. The molecular formula is C24H30ClFN2O3S. The second-order valence-electron chi connectivity index (χ2n) is 7.88. The lowest BCUT2D eigenvalue weighted by molar-refractivity contribution is -0.138. The van der Waals surface area contributed by atoms with Crippen molar-refractivity contribution in [2.24, 2.45) is 5.92 Å². The van der Waals surface area contributed by atoms with E-state index in [0.29, 0.717) is 28.8 Å². The monoisotopic (exact) mass is 480 g/mol. The molecule has 2 rings (SSSR count). The lowest BCUT2D eigenvalue weighted by Gasteiger charge is -2.29. The average molecular weight is 481 g/mol. The molecule has 2 aromatic rings. The summed E-state index contributed by atoms with van der Waals surface area (Å²) in [6.07, 6.45) is 0. The van der Waals surface area contributed by atoms with Crippen LogP contribution < -0.4 is 10.1 Å². The first-order valence-corrected chi connectivity index (χ1v) is 12.0. The third-order valence-electron chi connectivity index (χ3n) is 4.90. The van der Waals surface area contributed by atoms with E-state index < -0.39 is 11.9 Å². The molecule has 0 aliphatic carbocycles. The first-order chi connectivity index (χ1) is 15.2. The van der Waals surface area contributed by atoms with Crippen LogP contribution in [0.4, 0.5) is 4.39 Å². The van der Waals surface area contributed by atoms with Crippen molar-refractivity contribution in [2.75, 3.05) is 19.4 Å². The minimum Gasteiger partial charge on any atom is -0.497 e. The highest BCUT2D eigenvalue weighted by Gasteiger charge is 2.26. The number of rotatable bonds is 11. The fraction of sp³-hybridized carbons (Fsp3) is 0.417. The van der Waals surface area contributed by atoms with Gasteiger partial charge in [0.15, 0.2) is 0 Å². The van der Waals surface area contributed by atoms with E-state index >= 15 is 0 Å². The molecule has 0 heterocycles. The molecule has 1 atom stereocenters. The van der Waals surface area contributed by atoms with Gasteiger partial charge in [-0.05, 0) is 42.7 Å². The van der Waals surface area contributed by atoms with E-state index in [1.54, 1.807) is 31.1 Å². The van der Waals surface area contributed by atoms with Gasteiger partial charge in [0.2, 0.25) is 11.8 Å². The van der Waals surface area contributed by atoms with Gasteiger partial charge in [-0.25, -0.2) is 4.39 Å². The molecule has 0 radical (unpaired) electrons. The number of nitrogens with zero attached hydrogens (tertiary/aromatic N) is 1. The second kappa shape index (κ2) is 12.7. The van der Waals surface area contributed by atoms with Gasteiger partial charge in [0.25, 0.3) is 0 Å². The van der Waals surface area contributed by atoms with E-state index in [1.165, 1.54) is 17.8 Å². The van der Waals surface area contributed by atoms with Crippen molar-refractivity contribution in [3.8, 4) is 5.75 Å². The molecule has 174 valence electrons.